The highest BCUT2D eigenvalue weighted by molar-refractivity contribution is 5.20. The summed E-state index contributed by atoms with van der Waals surface area (Å²) >= 11 is 0. The molecule has 0 aliphatic carbocycles. The van der Waals surface area contributed by atoms with E-state index in [0.717, 1.165) is 5.69 Å². The molecule has 0 aliphatic heterocycles. The number of aliphatic hydroxyl groups is 1. The van der Waals surface area contributed by atoms with Gasteiger partial charge in [0.05, 0.1) is 5.60 Å². The molecule has 0 aromatic carbocycles. The molecule has 1 heterocycles. The summed E-state index contributed by atoms with van der Waals surface area (Å²) in [5, 5.41) is 9.56. The summed E-state index contributed by atoms with van der Waals surface area (Å²) in [6.45, 7) is 9.98. The van der Waals surface area contributed by atoms with E-state index < -0.39 is 5.60 Å². The Morgan fingerprint density at radius 3 is 2.31 bits per heavy atom. The first-order chi connectivity index (χ1) is 7.18. The minimum Gasteiger partial charge on any atom is -0.475 e. The molecule has 90 valence electrons. The van der Waals surface area contributed by atoms with Gasteiger partial charge in [0.1, 0.15) is 6.61 Å². The third kappa shape index (κ3) is 4.19. The molecule has 0 amide bonds. The Hall–Kier alpha value is -1.09. The predicted molar refractivity (Wildman–Crippen MR) is 64.7 cm³/mol. The molecular formula is C13H21NO2. The minimum atomic E-state index is -0.834. The van der Waals surface area contributed by atoms with Crippen LogP contribution in [-0.2, 0) is 5.41 Å². The molecule has 0 saturated heterocycles. The molecule has 0 bridgehead atoms. The Kier molecular flexibility index (Phi) is 3.58. The van der Waals surface area contributed by atoms with Gasteiger partial charge >= 0.3 is 0 Å². The Balaban J connectivity index is 2.76. The fraction of sp³-hybridized carbons (Fsp3) is 0.615. The van der Waals surface area contributed by atoms with Gasteiger partial charge in [0.2, 0.25) is 5.88 Å². The van der Waals surface area contributed by atoms with E-state index in [2.05, 4.69) is 25.8 Å². The molecule has 1 N–H and O–H groups in total. The number of hydrogen-bond acceptors (Lipinski definition) is 3. The van der Waals surface area contributed by atoms with Crippen LogP contribution in [0.1, 0.15) is 40.3 Å². The van der Waals surface area contributed by atoms with E-state index in [1.165, 1.54) is 0 Å². The summed E-state index contributed by atoms with van der Waals surface area (Å²) in [5.41, 5.74) is 0.161. The third-order valence-electron chi connectivity index (χ3n) is 2.07. The van der Waals surface area contributed by atoms with E-state index in [9.17, 15) is 5.11 Å². The van der Waals surface area contributed by atoms with Gasteiger partial charge in [-0.15, -0.1) is 0 Å². The number of aromatic nitrogens is 1. The van der Waals surface area contributed by atoms with Crippen LogP contribution in [0, 0.1) is 0 Å². The van der Waals surface area contributed by atoms with Crippen molar-refractivity contribution < 1.29 is 9.84 Å². The van der Waals surface area contributed by atoms with Gasteiger partial charge in [-0.1, -0.05) is 26.8 Å². The van der Waals surface area contributed by atoms with Crippen molar-refractivity contribution in [2.75, 3.05) is 6.61 Å². The molecule has 1 aromatic rings. The molecule has 0 fully saturated rings. The van der Waals surface area contributed by atoms with Gasteiger partial charge in [-0.05, 0) is 19.9 Å². The smallest absolute Gasteiger partial charge is 0.213 e. The maximum Gasteiger partial charge on any atom is 0.213 e. The highest BCUT2D eigenvalue weighted by Gasteiger charge is 2.17. The lowest BCUT2D eigenvalue weighted by Gasteiger charge is -2.20. The van der Waals surface area contributed by atoms with Gasteiger partial charge in [0.15, 0.2) is 0 Å². The molecule has 0 unspecified atom stereocenters. The zero-order valence-electron chi connectivity index (χ0n) is 10.7. The number of hydrogen-bond donors (Lipinski definition) is 1. The van der Waals surface area contributed by atoms with Crippen molar-refractivity contribution in [2.24, 2.45) is 0 Å². The van der Waals surface area contributed by atoms with Crippen LogP contribution in [0.15, 0.2) is 18.2 Å². The van der Waals surface area contributed by atoms with Crippen LogP contribution in [0.25, 0.3) is 0 Å². The van der Waals surface area contributed by atoms with Crippen LogP contribution >= 0.6 is 0 Å². The Bertz CT molecular complexity index is 348. The summed E-state index contributed by atoms with van der Waals surface area (Å²) in [7, 11) is 0. The Morgan fingerprint density at radius 1 is 1.19 bits per heavy atom. The van der Waals surface area contributed by atoms with Crippen LogP contribution in [0.3, 0.4) is 0 Å². The van der Waals surface area contributed by atoms with Gasteiger partial charge in [-0.3, -0.25) is 0 Å². The minimum absolute atomic E-state index is 0.00804. The molecule has 16 heavy (non-hydrogen) atoms. The van der Waals surface area contributed by atoms with Crippen LogP contribution in [0.4, 0.5) is 0 Å². The maximum absolute atomic E-state index is 9.56. The van der Waals surface area contributed by atoms with E-state index in [1.807, 2.05) is 12.1 Å². The second kappa shape index (κ2) is 4.42. The first-order valence-corrected chi connectivity index (χ1v) is 5.51. The zero-order valence-corrected chi connectivity index (χ0v) is 10.7. The fourth-order valence-electron chi connectivity index (χ4n) is 1.16. The van der Waals surface area contributed by atoms with Crippen molar-refractivity contribution in [1.82, 2.24) is 4.98 Å². The molecule has 0 saturated carbocycles. The summed E-state index contributed by atoms with van der Waals surface area (Å²) in [4.78, 5) is 4.41. The maximum atomic E-state index is 9.56. The number of nitrogens with zero attached hydrogens (tertiary/aromatic N) is 1. The third-order valence-corrected chi connectivity index (χ3v) is 2.07. The van der Waals surface area contributed by atoms with Crippen molar-refractivity contribution >= 4 is 0 Å². The first kappa shape index (κ1) is 13.0. The van der Waals surface area contributed by atoms with Crippen molar-refractivity contribution in [3.63, 3.8) is 0 Å². The standard InChI is InChI=1S/C13H21NO2/c1-12(2,3)10-7-6-8-11(14-10)16-9-13(4,5)15/h6-8,15H,9H2,1-5H3. The van der Waals surface area contributed by atoms with Crippen LogP contribution in [-0.4, -0.2) is 22.3 Å². The topological polar surface area (TPSA) is 42.4 Å². The average molecular weight is 223 g/mol. The normalized spacial score (nSPS) is 12.6. The van der Waals surface area contributed by atoms with Gasteiger partial charge in [0.25, 0.3) is 0 Å². The van der Waals surface area contributed by atoms with E-state index in [0.29, 0.717) is 5.88 Å². The summed E-state index contributed by atoms with van der Waals surface area (Å²) in [6.07, 6.45) is 0. The number of ether oxygens (including phenoxy) is 1. The monoisotopic (exact) mass is 223 g/mol. The number of pyridine rings is 1. The van der Waals surface area contributed by atoms with Crippen LogP contribution in [0.5, 0.6) is 5.88 Å². The lowest BCUT2D eigenvalue weighted by atomic mass is 9.92. The highest BCUT2D eigenvalue weighted by atomic mass is 16.5. The lowest BCUT2D eigenvalue weighted by molar-refractivity contribution is 0.0267. The molecule has 0 spiro atoms. The van der Waals surface area contributed by atoms with Crippen molar-refractivity contribution in [2.45, 2.75) is 45.6 Å². The SMILES string of the molecule is CC(C)(O)COc1cccc(C(C)(C)C)n1. The predicted octanol–water partition coefficient (Wildman–Crippen LogP) is 2.53. The van der Waals surface area contributed by atoms with Crippen molar-refractivity contribution in [3.8, 4) is 5.88 Å². The fourth-order valence-corrected chi connectivity index (χ4v) is 1.16. The molecule has 0 radical (unpaired) electrons. The van der Waals surface area contributed by atoms with E-state index in [4.69, 9.17) is 4.74 Å². The van der Waals surface area contributed by atoms with Crippen molar-refractivity contribution in [3.05, 3.63) is 23.9 Å². The van der Waals surface area contributed by atoms with Crippen LogP contribution < -0.4 is 4.74 Å². The zero-order chi connectivity index (χ0) is 12.4. The first-order valence-electron chi connectivity index (χ1n) is 5.51. The molecule has 1 aromatic heterocycles. The summed E-state index contributed by atoms with van der Waals surface area (Å²) in [5.74, 6) is 0.564. The van der Waals surface area contributed by atoms with Gasteiger partial charge < -0.3 is 9.84 Å². The Labute approximate surface area is 97.5 Å². The highest BCUT2D eigenvalue weighted by Crippen LogP contribution is 2.22. The van der Waals surface area contributed by atoms with Gasteiger partial charge in [-0.2, -0.15) is 0 Å². The second-order valence-corrected chi connectivity index (χ2v) is 5.71. The van der Waals surface area contributed by atoms with Gasteiger partial charge in [-0.25, -0.2) is 4.98 Å². The molecule has 0 atom stereocenters. The lowest BCUT2D eigenvalue weighted by Crippen LogP contribution is -2.28. The largest absolute Gasteiger partial charge is 0.475 e. The van der Waals surface area contributed by atoms with Crippen LogP contribution in [0.2, 0.25) is 0 Å². The quantitative estimate of drug-likeness (QED) is 0.856. The molecule has 3 nitrogen and oxygen atoms in total. The molecule has 1 rings (SSSR count). The van der Waals surface area contributed by atoms with E-state index in [-0.39, 0.29) is 12.0 Å². The Morgan fingerprint density at radius 2 is 1.81 bits per heavy atom. The second-order valence-electron chi connectivity index (χ2n) is 5.71. The molecular weight excluding hydrogens is 202 g/mol. The summed E-state index contributed by atoms with van der Waals surface area (Å²) < 4.78 is 5.45. The number of rotatable bonds is 3. The summed E-state index contributed by atoms with van der Waals surface area (Å²) in [6, 6.07) is 5.71. The van der Waals surface area contributed by atoms with Gasteiger partial charge in [0, 0.05) is 17.2 Å². The molecule has 3 heteroatoms. The molecule has 0 aliphatic rings. The van der Waals surface area contributed by atoms with E-state index >= 15 is 0 Å². The van der Waals surface area contributed by atoms with E-state index in [1.54, 1.807) is 19.9 Å². The average Bonchev–Trinajstić information content (AvgIpc) is 2.13. The van der Waals surface area contributed by atoms with Crippen molar-refractivity contribution in [1.29, 1.82) is 0 Å².